The van der Waals surface area contributed by atoms with Gasteiger partial charge < -0.3 is 10.2 Å². The summed E-state index contributed by atoms with van der Waals surface area (Å²) in [7, 11) is 0. The van der Waals surface area contributed by atoms with Gasteiger partial charge in [-0.2, -0.15) is 0 Å². The summed E-state index contributed by atoms with van der Waals surface area (Å²) in [6, 6.07) is 14.3. The molecule has 2 aromatic carbocycles. The Bertz CT molecular complexity index is 1020. The molecule has 4 rings (SSSR count). The summed E-state index contributed by atoms with van der Waals surface area (Å²) in [6.45, 7) is 2.01. The van der Waals surface area contributed by atoms with Crippen molar-refractivity contribution < 1.29 is 13.6 Å². The molecule has 3 aromatic rings. The Labute approximate surface area is 155 Å². The largest absolute Gasteiger partial charge is 0.338 e. The Balaban J connectivity index is 1.62. The minimum atomic E-state index is -0.726. The number of benzene rings is 2. The lowest BCUT2D eigenvalue weighted by atomic mass is 10.1. The fourth-order valence-electron chi connectivity index (χ4n) is 3.37. The van der Waals surface area contributed by atoms with Gasteiger partial charge in [-0.25, -0.2) is 13.8 Å². The number of nitrogens with one attached hydrogen (secondary N) is 1. The van der Waals surface area contributed by atoms with Crippen LogP contribution in [-0.2, 0) is 6.42 Å². The second-order valence-electron chi connectivity index (χ2n) is 6.54. The first-order valence-electron chi connectivity index (χ1n) is 8.62. The van der Waals surface area contributed by atoms with Crippen LogP contribution in [0, 0.1) is 11.6 Å². The van der Waals surface area contributed by atoms with Gasteiger partial charge in [0.15, 0.2) is 0 Å². The highest BCUT2D eigenvalue weighted by Gasteiger charge is 2.31. The first-order valence-corrected chi connectivity index (χ1v) is 8.62. The van der Waals surface area contributed by atoms with E-state index in [4.69, 9.17) is 0 Å². The number of rotatable bonds is 3. The number of pyridine rings is 1. The summed E-state index contributed by atoms with van der Waals surface area (Å²) in [5.74, 6) is -1.21. The highest BCUT2D eigenvalue weighted by molar-refractivity contribution is 6.08. The number of anilines is 3. The molecule has 136 valence electrons. The second-order valence-corrected chi connectivity index (χ2v) is 6.54. The molecule has 4 nitrogen and oxygen atoms in total. The SMILES string of the molecule is CC1Cc2ccccc2N1C(=O)c1ccnc(Nc2ccc(F)cc2F)c1. The summed E-state index contributed by atoms with van der Waals surface area (Å²) in [6.07, 6.45) is 2.29. The van der Waals surface area contributed by atoms with Crippen molar-refractivity contribution in [2.24, 2.45) is 0 Å². The number of hydrogen-bond acceptors (Lipinski definition) is 3. The quantitative estimate of drug-likeness (QED) is 0.732. The number of carbonyl (C=O) groups is 1. The molecule has 1 atom stereocenters. The molecule has 0 saturated heterocycles. The molecule has 0 spiro atoms. The molecule has 0 radical (unpaired) electrons. The van der Waals surface area contributed by atoms with Crippen molar-refractivity contribution in [3.63, 3.8) is 0 Å². The molecular weight excluding hydrogens is 348 g/mol. The fourth-order valence-corrected chi connectivity index (χ4v) is 3.37. The Morgan fingerprint density at radius 1 is 1.15 bits per heavy atom. The Morgan fingerprint density at radius 2 is 1.96 bits per heavy atom. The number of fused-ring (bicyclic) bond motifs is 1. The maximum absolute atomic E-state index is 13.9. The van der Waals surface area contributed by atoms with Gasteiger partial charge >= 0.3 is 0 Å². The molecule has 1 N–H and O–H groups in total. The van der Waals surface area contributed by atoms with Crippen molar-refractivity contribution >= 4 is 23.1 Å². The fraction of sp³-hybridized carbons (Fsp3) is 0.143. The molecule has 1 aliphatic heterocycles. The molecule has 0 saturated carbocycles. The van der Waals surface area contributed by atoms with E-state index >= 15 is 0 Å². The summed E-state index contributed by atoms with van der Waals surface area (Å²) in [4.78, 5) is 19.0. The van der Waals surface area contributed by atoms with Crippen LogP contribution >= 0.6 is 0 Å². The lowest BCUT2D eigenvalue weighted by Gasteiger charge is -2.23. The standard InChI is InChI=1S/C21H17F2N3O/c1-13-10-14-4-2-3-5-19(14)26(13)21(27)15-8-9-24-20(11-15)25-18-7-6-16(22)12-17(18)23/h2-9,11-13H,10H2,1H3,(H,24,25). The van der Waals surface area contributed by atoms with E-state index in [1.165, 1.54) is 12.3 Å². The van der Waals surface area contributed by atoms with Crippen molar-refractivity contribution in [2.75, 3.05) is 10.2 Å². The molecule has 2 heterocycles. The number of halogens is 2. The molecular formula is C21H17F2N3O. The molecule has 1 aliphatic rings. The summed E-state index contributed by atoms with van der Waals surface area (Å²) in [5, 5.41) is 2.79. The predicted octanol–water partition coefficient (Wildman–Crippen LogP) is 4.69. The van der Waals surface area contributed by atoms with Crippen LogP contribution in [0.15, 0.2) is 60.8 Å². The van der Waals surface area contributed by atoms with E-state index < -0.39 is 11.6 Å². The zero-order chi connectivity index (χ0) is 19.0. The monoisotopic (exact) mass is 365 g/mol. The predicted molar refractivity (Wildman–Crippen MR) is 100 cm³/mol. The van der Waals surface area contributed by atoms with Crippen LogP contribution in [0.3, 0.4) is 0 Å². The number of amides is 1. The number of nitrogens with zero attached hydrogens (tertiary/aromatic N) is 2. The Morgan fingerprint density at radius 3 is 2.78 bits per heavy atom. The molecule has 1 unspecified atom stereocenters. The summed E-state index contributed by atoms with van der Waals surface area (Å²) in [5.41, 5.74) is 2.58. The van der Waals surface area contributed by atoms with E-state index in [0.29, 0.717) is 11.4 Å². The van der Waals surface area contributed by atoms with Gasteiger partial charge in [0.1, 0.15) is 17.5 Å². The van der Waals surface area contributed by atoms with Crippen LogP contribution in [0.5, 0.6) is 0 Å². The topological polar surface area (TPSA) is 45.2 Å². The van der Waals surface area contributed by atoms with E-state index in [-0.39, 0.29) is 17.6 Å². The zero-order valence-electron chi connectivity index (χ0n) is 14.6. The van der Waals surface area contributed by atoms with E-state index in [9.17, 15) is 13.6 Å². The number of carbonyl (C=O) groups excluding carboxylic acids is 1. The van der Waals surface area contributed by atoms with Crippen LogP contribution in [0.25, 0.3) is 0 Å². The van der Waals surface area contributed by atoms with Crippen molar-refractivity contribution in [3.05, 3.63) is 83.6 Å². The minimum Gasteiger partial charge on any atom is -0.338 e. The first kappa shape index (κ1) is 17.1. The molecule has 0 bridgehead atoms. The minimum absolute atomic E-state index is 0.0500. The lowest BCUT2D eigenvalue weighted by molar-refractivity contribution is 0.0981. The molecule has 0 fully saturated rings. The maximum Gasteiger partial charge on any atom is 0.258 e. The van der Waals surface area contributed by atoms with Gasteiger partial charge in [-0.05, 0) is 49.2 Å². The third-order valence-corrected chi connectivity index (χ3v) is 4.63. The van der Waals surface area contributed by atoms with Crippen molar-refractivity contribution in [1.82, 2.24) is 4.98 Å². The van der Waals surface area contributed by atoms with Gasteiger partial charge in [-0.15, -0.1) is 0 Å². The van der Waals surface area contributed by atoms with E-state index in [2.05, 4.69) is 10.3 Å². The van der Waals surface area contributed by atoms with Crippen molar-refractivity contribution in [2.45, 2.75) is 19.4 Å². The van der Waals surface area contributed by atoms with E-state index in [1.54, 1.807) is 17.0 Å². The Hall–Kier alpha value is -3.28. The highest BCUT2D eigenvalue weighted by atomic mass is 19.1. The molecule has 27 heavy (non-hydrogen) atoms. The second kappa shape index (κ2) is 6.79. The Kier molecular flexibility index (Phi) is 4.32. The highest BCUT2D eigenvalue weighted by Crippen LogP contribution is 2.33. The van der Waals surface area contributed by atoms with Crippen LogP contribution in [-0.4, -0.2) is 16.9 Å². The average Bonchev–Trinajstić information content (AvgIpc) is 2.99. The lowest BCUT2D eigenvalue weighted by Crippen LogP contribution is -2.35. The van der Waals surface area contributed by atoms with Crippen LogP contribution in [0.2, 0.25) is 0 Å². The average molecular weight is 365 g/mol. The van der Waals surface area contributed by atoms with Gasteiger partial charge in [0, 0.05) is 29.6 Å². The number of aromatic nitrogens is 1. The van der Waals surface area contributed by atoms with Crippen molar-refractivity contribution in [1.29, 1.82) is 0 Å². The van der Waals surface area contributed by atoms with Crippen LogP contribution in [0.1, 0.15) is 22.8 Å². The normalized spacial score (nSPS) is 15.5. The van der Waals surface area contributed by atoms with E-state index in [0.717, 1.165) is 29.8 Å². The molecule has 6 heteroatoms. The van der Waals surface area contributed by atoms with E-state index in [1.807, 2.05) is 31.2 Å². The number of para-hydroxylation sites is 1. The summed E-state index contributed by atoms with van der Waals surface area (Å²) < 4.78 is 26.9. The van der Waals surface area contributed by atoms with Gasteiger partial charge in [0.05, 0.1) is 5.69 Å². The summed E-state index contributed by atoms with van der Waals surface area (Å²) >= 11 is 0. The van der Waals surface area contributed by atoms with Gasteiger partial charge in [0.2, 0.25) is 0 Å². The van der Waals surface area contributed by atoms with Gasteiger partial charge in [-0.1, -0.05) is 18.2 Å². The van der Waals surface area contributed by atoms with Crippen molar-refractivity contribution in [3.8, 4) is 0 Å². The van der Waals surface area contributed by atoms with Crippen LogP contribution < -0.4 is 10.2 Å². The number of hydrogen-bond donors (Lipinski definition) is 1. The zero-order valence-corrected chi connectivity index (χ0v) is 14.6. The van der Waals surface area contributed by atoms with Crippen LogP contribution in [0.4, 0.5) is 26.0 Å². The molecule has 1 aromatic heterocycles. The first-order chi connectivity index (χ1) is 13.0. The smallest absolute Gasteiger partial charge is 0.258 e. The molecule has 1 amide bonds. The van der Waals surface area contributed by atoms with Gasteiger partial charge in [-0.3, -0.25) is 4.79 Å². The maximum atomic E-state index is 13.9. The third kappa shape index (κ3) is 3.26. The molecule has 0 aliphatic carbocycles. The van der Waals surface area contributed by atoms with Gasteiger partial charge in [0.25, 0.3) is 5.91 Å². The third-order valence-electron chi connectivity index (χ3n) is 4.63.